The topological polar surface area (TPSA) is 62.1 Å². The number of benzene rings is 1. The third-order valence-corrected chi connectivity index (χ3v) is 2.24. The number of nitrogens with one attached hydrogen (secondary N) is 1. The normalized spacial score (nSPS) is 10.5. The van der Waals surface area contributed by atoms with Gasteiger partial charge in [-0.15, -0.1) is 0 Å². The molecule has 1 amide bonds. The van der Waals surface area contributed by atoms with Crippen LogP contribution in [-0.2, 0) is 5.41 Å². The van der Waals surface area contributed by atoms with Crippen LogP contribution in [0.25, 0.3) is 0 Å². The third kappa shape index (κ3) is 4.15. The molecule has 90 valence electrons. The molecule has 0 aliphatic carbocycles. The summed E-state index contributed by atoms with van der Waals surface area (Å²) in [6.07, 6.45) is -0.616. The van der Waals surface area contributed by atoms with E-state index in [1.807, 2.05) is 12.1 Å². The van der Waals surface area contributed by atoms with Crippen LogP contribution in [0.2, 0.25) is 0 Å². The summed E-state index contributed by atoms with van der Waals surface area (Å²) >= 11 is 0. The van der Waals surface area contributed by atoms with Gasteiger partial charge in [0.2, 0.25) is 0 Å². The van der Waals surface area contributed by atoms with Gasteiger partial charge in [0.25, 0.3) is 0 Å². The van der Waals surface area contributed by atoms with E-state index in [1.54, 1.807) is 18.2 Å². The molecular formula is C13H16N2O2. The van der Waals surface area contributed by atoms with Gasteiger partial charge in [0.1, 0.15) is 12.3 Å². The van der Waals surface area contributed by atoms with Crippen molar-refractivity contribution in [3.05, 3.63) is 29.8 Å². The zero-order chi connectivity index (χ0) is 12.9. The van der Waals surface area contributed by atoms with Crippen LogP contribution in [0.4, 0.5) is 4.79 Å². The van der Waals surface area contributed by atoms with E-state index in [-0.39, 0.29) is 12.0 Å². The van der Waals surface area contributed by atoms with Crippen molar-refractivity contribution in [1.29, 1.82) is 5.26 Å². The van der Waals surface area contributed by atoms with E-state index in [0.717, 1.165) is 0 Å². The largest absolute Gasteiger partial charge is 0.413 e. The van der Waals surface area contributed by atoms with Crippen molar-refractivity contribution in [2.75, 3.05) is 6.54 Å². The minimum Gasteiger partial charge on any atom is -0.410 e. The Kier molecular flexibility index (Phi) is 4.11. The highest BCUT2D eigenvalue weighted by Gasteiger charge is 2.13. The molecule has 0 saturated heterocycles. The van der Waals surface area contributed by atoms with Crippen molar-refractivity contribution in [3.8, 4) is 11.8 Å². The minimum absolute atomic E-state index is 0.0566. The summed E-state index contributed by atoms with van der Waals surface area (Å²) in [6, 6.07) is 9.13. The predicted molar refractivity (Wildman–Crippen MR) is 64.8 cm³/mol. The molecule has 17 heavy (non-hydrogen) atoms. The van der Waals surface area contributed by atoms with Crippen LogP contribution >= 0.6 is 0 Å². The maximum absolute atomic E-state index is 11.2. The van der Waals surface area contributed by atoms with Crippen molar-refractivity contribution in [2.24, 2.45) is 0 Å². The quantitative estimate of drug-likeness (QED) is 0.797. The fourth-order valence-corrected chi connectivity index (χ4v) is 1.28. The van der Waals surface area contributed by atoms with Crippen LogP contribution < -0.4 is 10.1 Å². The van der Waals surface area contributed by atoms with E-state index in [1.165, 1.54) is 5.56 Å². The van der Waals surface area contributed by atoms with Crippen molar-refractivity contribution in [2.45, 2.75) is 26.2 Å². The smallest absolute Gasteiger partial charge is 0.410 e. The molecule has 0 heterocycles. The minimum atomic E-state index is -0.616. The Morgan fingerprint density at radius 3 is 2.41 bits per heavy atom. The predicted octanol–water partition coefficient (Wildman–Crippen LogP) is 2.60. The lowest BCUT2D eigenvalue weighted by Gasteiger charge is -2.18. The van der Waals surface area contributed by atoms with E-state index in [0.29, 0.717) is 5.75 Å². The molecule has 1 rings (SSSR count). The molecule has 4 nitrogen and oxygen atoms in total. The van der Waals surface area contributed by atoms with Gasteiger partial charge in [-0.1, -0.05) is 32.9 Å². The molecule has 4 heteroatoms. The van der Waals surface area contributed by atoms with Gasteiger partial charge in [-0.05, 0) is 23.1 Å². The number of carbonyl (C=O) groups excluding carboxylic acids is 1. The van der Waals surface area contributed by atoms with Crippen molar-refractivity contribution in [1.82, 2.24) is 5.32 Å². The number of amides is 1. The van der Waals surface area contributed by atoms with Gasteiger partial charge in [0.15, 0.2) is 0 Å². The van der Waals surface area contributed by atoms with Gasteiger partial charge in [-0.2, -0.15) is 5.26 Å². The lowest BCUT2D eigenvalue weighted by molar-refractivity contribution is 0.202. The van der Waals surface area contributed by atoms with Crippen LogP contribution in [0.1, 0.15) is 26.3 Å². The second-order valence-corrected chi connectivity index (χ2v) is 4.68. The second kappa shape index (κ2) is 5.35. The van der Waals surface area contributed by atoms with Crippen LogP contribution in [0.3, 0.4) is 0 Å². The lowest BCUT2D eigenvalue weighted by Crippen LogP contribution is -2.26. The van der Waals surface area contributed by atoms with E-state index >= 15 is 0 Å². The number of rotatable bonds is 2. The molecular weight excluding hydrogens is 216 g/mol. The van der Waals surface area contributed by atoms with Gasteiger partial charge in [-0.3, -0.25) is 0 Å². The number of nitriles is 1. The average Bonchev–Trinajstić information content (AvgIpc) is 2.26. The van der Waals surface area contributed by atoms with E-state index in [4.69, 9.17) is 10.00 Å². The summed E-state index contributed by atoms with van der Waals surface area (Å²) in [6.45, 7) is 6.28. The molecule has 0 spiro atoms. The molecule has 1 N–H and O–H groups in total. The summed E-state index contributed by atoms with van der Waals surface area (Å²) in [4.78, 5) is 11.2. The summed E-state index contributed by atoms with van der Waals surface area (Å²) in [5.74, 6) is 0.466. The molecule has 0 atom stereocenters. The van der Waals surface area contributed by atoms with Crippen LogP contribution in [0.15, 0.2) is 24.3 Å². The van der Waals surface area contributed by atoms with Crippen molar-refractivity contribution < 1.29 is 9.53 Å². The first kappa shape index (κ1) is 13.0. The molecule has 0 aliphatic rings. The Hall–Kier alpha value is -2.02. The van der Waals surface area contributed by atoms with E-state index in [2.05, 4.69) is 26.1 Å². The van der Waals surface area contributed by atoms with Gasteiger partial charge < -0.3 is 10.1 Å². The fourth-order valence-electron chi connectivity index (χ4n) is 1.28. The summed E-state index contributed by atoms with van der Waals surface area (Å²) in [5.41, 5.74) is 1.24. The molecule has 1 aromatic carbocycles. The number of nitrogens with zero attached hydrogens (tertiary/aromatic N) is 1. The molecule has 0 aromatic heterocycles. The lowest BCUT2D eigenvalue weighted by atomic mass is 9.87. The Bertz CT molecular complexity index is 424. The standard InChI is InChI=1S/C13H16N2O2/c1-13(2,3)10-4-6-11(7-5-10)17-12(16)15-9-8-14/h4-7H,9H2,1-3H3,(H,15,16). The number of hydrogen-bond donors (Lipinski definition) is 1. The van der Waals surface area contributed by atoms with E-state index < -0.39 is 6.09 Å². The molecule has 0 unspecified atom stereocenters. The number of hydrogen-bond acceptors (Lipinski definition) is 3. The fraction of sp³-hybridized carbons (Fsp3) is 0.385. The maximum Gasteiger partial charge on any atom is 0.413 e. The highest BCUT2D eigenvalue weighted by atomic mass is 16.5. The second-order valence-electron chi connectivity index (χ2n) is 4.68. The van der Waals surface area contributed by atoms with Gasteiger partial charge >= 0.3 is 6.09 Å². The van der Waals surface area contributed by atoms with Gasteiger partial charge in [-0.25, -0.2) is 4.79 Å². The van der Waals surface area contributed by atoms with Gasteiger partial charge in [0, 0.05) is 0 Å². The SMILES string of the molecule is CC(C)(C)c1ccc(OC(=O)NCC#N)cc1. The van der Waals surface area contributed by atoms with Crippen LogP contribution in [0.5, 0.6) is 5.75 Å². The Balaban J connectivity index is 2.63. The Labute approximate surface area is 101 Å². The first-order valence-corrected chi connectivity index (χ1v) is 5.36. The molecule has 0 aliphatic heterocycles. The van der Waals surface area contributed by atoms with Crippen LogP contribution in [0, 0.1) is 11.3 Å². The van der Waals surface area contributed by atoms with Gasteiger partial charge in [0.05, 0.1) is 6.07 Å². The first-order chi connectivity index (χ1) is 7.93. The summed E-state index contributed by atoms with van der Waals surface area (Å²) in [7, 11) is 0. The molecule has 0 radical (unpaired) electrons. The average molecular weight is 232 g/mol. The monoisotopic (exact) mass is 232 g/mol. The van der Waals surface area contributed by atoms with E-state index in [9.17, 15) is 4.79 Å². The highest BCUT2D eigenvalue weighted by Crippen LogP contribution is 2.24. The molecule has 1 aromatic rings. The summed E-state index contributed by atoms with van der Waals surface area (Å²) < 4.78 is 4.98. The molecule has 0 saturated carbocycles. The Morgan fingerprint density at radius 2 is 1.94 bits per heavy atom. The number of carbonyl (C=O) groups is 1. The number of ether oxygens (including phenoxy) is 1. The zero-order valence-corrected chi connectivity index (χ0v) is 10.3. The van der Waals surface area contributed by atoms with Crippen molar-refractivity contribution >= 4 is 6.09 Å². The van der Waals surface area contributed by atoms with Crippen molar-refractivity contribution in [3.63, 3.8) is 0 Å². The summed E-state index contributed by atoms with van der Waals surface area (Å²) in [5, 5.41) is 10.6. The maximum atomic E-state index is 11.2. The molecule has 0 fully saturated rings. The first-order valence-electron chi connectivity index (χ1n) is 5.36. The third-order valence-electron chi connectivity index (χ3n) is 2.24. The molecule has 0 bridgehead atoms. The highest BCUT2D eigenvalue weighted by molar-refractivity contribution is 5.70. The van der Waals surface area contributed by atoms with Crippen LogP contribution in [-0.4, -0.2) is 12.6 Å². The zero-order valence-electron chi connectivity index (χ0n) is 10.3. The Morgan fingerprint density at radius 1 is 1.35 bits per heavy atom.